The molecular formula is C14H27N3O4. The molecular weight excluding hydrogens is 274 g/mol. The van der Waals surface area contributed by atoms with Crippen molar-refractivity contribution in [3.8, 4) is 0 Å². The number of hydrogen-bond donors (Lipinski definition) is 4. The van der Waals surface area contributed by atoms with E-state index in [-0.39, 0.29) is 12.5 Å². The Bertz CT molecular complexity index is 416. The maximum Gasteiger partial charge on any atom is 0.311 e. The minimum Gasteiger partial charge on any atom is -0.481 e. The molecule has 0 fully saturated rings. The predicted molar refractivity (Wildman–Crippen MR) is 79.5 cm³/mol. The molecule has 2 amide bonds. The lowest BCUT2D eigenvalue weighted by Gasteiger charge is -2.38. The maximum atomic E-state index is 11.9. The van der Waals surface area contributed by atoms with Crippen molar-refractivity contribution in [3.05, 3.63) is 0 Å². The van der Waals surface area contributed by atoms with E-state index in [1.54, 1.807) is 13.8 Å². The van der Waals surface area contributed by atoms with E-state index in [0.29, 0.717) is 0 Å². The van der Waals surface area contributed by atoms with Crippen molar-refractivity contribution >= 4 is 17.8 Å². The molecule has 7 nitrogen and oxygen atoms in total. The summed E-state index contributed by atoms with van der Waals surface area (Å²) in [6, 6.07) is -0.679. The van der Waals surface area contributed by atoms with Crippen LogP contribution in [0.5, 0.6) is 0 Å². The summed E-state index contributed by atoms with van der Waals surface area (Å²) in [6.45, 7) is 9.69. The number of nitrogens with one attached hydrogen (secondary N) is 2. The topological polar surface area (TPSA) is 122 Å². The van der Waals surface area contributed by atoms with E-state index in [1.807, 2.05) is 13.8 Å². The second kappa shape index (κ2) is 6.89. The van der Waals surface area contributed by atoms with Gasteiger partial charge in [-0.3, -0.25) is 14.4 Å². The summed E-state index contributed by atoms with van der Waals surface area (Å²) >= 11 is 0. The molecule has 0 heterocycles. The number of carboxylic acids is 1. The second-order valence-corrected chi connectivity index (χ2v) is 6.59. The van der Waals surface area contributed by atoms with E-state index in [2.05, 4.69) is 10.6 Å². The molecule has 0 rings (SSSR count). The molecule has 0 aliphatic heterocycles. The highest BCUT2D eigenvalue weighted by Gasteiger charge is 2.44. The largest absolute Gasteiger partial charge is 0.481 e. The number of carbonyl (C=O) groups is 3. The zero-order valence-electron chi connectivity index (χ0n) is 13.6. The zero-order valence-corrected chi connectivity index (χ0v) is 13.6. The Morgan fingerprint density at radius 3 is 2.00 bits per heavy atom. The van der Waals surface area contributed by atoms with Crippen LogP contribution in [0.4, 0.5) is 0 Å². The van der Waals surface area contributed by atoms with Crippen LogP contribution >= 0.6 is 0 Å². The standard InChI is InChI=1S/C14H27N3O4/c1-8(2)10(15)11(19)16-7-9(18)17-14(5,6)13(3,4)12(20)21/h8,10H,7,15H2,1-6H3,(H,16,19)(H,17,18)(H,20,21)/t10-/m0/s1. The van der Waals surface area contributed by atoms with Gasteiger partial charge < -0.3 is 21.5 Å². The molecule has 122 valence electrons. The molecule has 0 saturated carbocycles. The van der Waals surface area contributed by atoms with E-state index < -0.39 is 34.8 Å². The Balaban J connectivity index is 4.58. The Kier molecular flexibility index (Phi) is 6.35. The molecule has 0 saturated heterocycles. The molecule has 0 aliphatic rings. The van der Waals surface area contributed by atoms with E-state index in [1.165, 1.54) is 13.8 Å². The lowest BCUT2D eigenvalue weighted by molar-refractivity contribution is -0.151. The van der Waals surface area contributed by atoms with Crippen LogP contribution in [0.3, 0.4) is 0 Å². The number of carboxylic acid groups (broad SMARTS) is 1. The summed E-state index contributed by atoms with van der Waals surface area (Å²) in [6.07, 6.45) is 0. The highest BCUT2D eigenvalue weighted by atomic mass is 16.4. The SMILES string of the molecule is CC(C)[C@H](N)C(=O)NCC(=O)NC(C)(C)C(C)(C)C(=O)O. The molecule has 0 aromatic heterocycles. The van der Waals surface area contributed by atoms with Crippen LogP contribution in [0, 0.1) is 11.3 Å². The predicted octanol–water partition coefficient (Wildman–Crippen LogP) is 0.0915. The number of hydrogen-bond acceptors (Lipinski definition) is 4. The lowest BCUT2D eigenvalue weighted by Crippen LogP contribution is -2.59. The van der Waals surface area contributed by atoms with E-state index in [4.69, 9.17) is 5.73 Å². The van der Waals surface area contributed by atoms with Crippen molar-refractivity contribution < 1.29 is 19.5 Å². The van der Waals surface area contributed by atoms with Crippen LogP contribution < -0.4 is 16.4 Å². The summed E-state index contributed by atoms with van der Waals surface area (Å²) < 4.78 is 0. The van der Waals surface area contributed by atoms with Crippen molar-refractivity contribution in [2.45, 2.75) is 53.1 Å². The number of rotatable bonds is 7. The van der Waals surface area contributed by atoms with Crippen molar-refractivity contribution in [1.29, 1.82) is 0 Å². The third kappa shape index (κ3) is 5.00. The van der Waals surface area contributed by atoms with Gasteiger partial charge in [0, 0.05) is 0 Å². The van der Waals surface area contributed by atoms with E-state index in [0.717, 1.165) is 0 Å². The summed E-state index contributed by atoms with van der Waals surface area (Å²) in [5, 5.41) is 14.3. The van der Waals surface area contributed by atoms with Gasteiger partial charge in [0.2, 0.25) is 11.8 Å². The van der Waals surface area contributed by atoms with Gasteiger partial charge in [0.25, 0.3) is 0 Å². The Labute approximate surface area is 125 Å². The second-order valence-electron chi connectivity index (χ2n) is 6.59. The fourth-order valence-electron chi connectivity index (χ4n) is 1.40. The first-order valence-corrected chi connectivity index (χ1v) is 6.90. The maximum absolute atomic E-state index is 11.9. The van der Waals surface area contributed by atoms with Gasteiger partial charge in [0.1, 0.15) is 0 Å². The molecule has 0 aromatic rings. The van der Waals surface area contributed by atoms with Gasteiger partial charge in [0.05, 0.1) is 23.5 Å². The molecule has 0 aromatic carbocycles. The van der Waals surface area contributed by atoms with Crippen LogP contribution in [0.1, 0.15) is 41.5 Å². The lowest BCUT2D eigenvalue weighted by atomic mass is 9.74. The zero-order chi connectivity index (χ0) is 17.0. The Morgan fingerprint density at radius 2 is 1.62 bits per heavy atom. The minimum absolute atomic E-state index is 0.0320. The average molecular weight is 301 g/mol. The quantitative estimate of drug-likeness (QED) is 0.531. The fourth-order valence-corrected chi connectivity index (χ4v) is 1.40. The smallest absolute Gasteiger partial charge is 0.311 e. The van der Waals surface area contributed by atoms with Crippen molar-refractivity contribution in [3.63, 3.8) is 0 Å². The number of nitrogens with two attached hydrogens (primary N) is 1. The molecule has 0 bridgehead atoms. The highest BCUT2D eigenvalue weighted by Crippen LogP contribution is 2.30. The van der Waals surface area contributed by atoms with Crippen LogP contribution in [0.2, 0.25) is 0 Å². The van der Waals surface area contributed by atoms with E-state index in [9.17, 15) is 19.5 Å². The van der Waals surface area contributed by atoms with Crippen molar-refractivity contribution in [1.82, 2.24) is 10.6 Å². The molecule has 7 heteroatoms. The third-order valence-corrected chi connectivity index (χ3v) is 3.99. The van der Waals surface area contributed by atoms with Crippen LogP contribution in [0.25, 0.3) is 0 Å². The number of carbonyl (C=O) groups excluding carboxylic acids is 2. The van der Waals surface area contributed by atoms with Gasteiger partial charge in [-0.2, -0.15) is 0 Å². The van der Waals surface area contributed by atoms with Crippen molar-refractivity contribution in [2.75, 3.05) is 6.54 Å². The summed E-state index contributed by atoms with van der Waals surface area (Å²) in [5.41, 5.74) is 3.54. The normalized spacial score (nSPS) is 13.7. The van der Waals surface area contributed by atoms with Crippen LogP contribution in [-0.2, 0) is 14.4 Å². The third-order valence-electron chi connectivity index (χ3n) is 3.99. The Morgan fingerprint density at radius 1 is 1.14 bits per heavy atom. The van der Waals surface area contributed by atoms with E-state index >= 15 is 0 Å². The van der Waals surface area contributed by atoms with Crippen LogP contribution in [-0.4, -0.2) is 41.0 Å². The highest BCUT2D eigenvalue weighted by molar-refractivity contribution is 5.88. The molecule has 21 heavy (non-hydrogen) atoms. The minimum atomic E-state index is -1.15. The van der Waals surface area contributed by atoms with Gasteiger partial charge in [-0.25, -0.2) is 0 Å². The first-order chi connectivity index (χ1) is 9.33. The van der Waals surface area contributed by atoms with Gasteiger partial charge in [0.15, 0.2) is 0 Å². The van der Waals surface area contributed by atoms with Crippen LogP contribution in [0.15, 0.2) is 0 Å². The fraction of sp³-hybridized carbons (Fsp3) is 0.786. The van der Waals surface area contributed by atoms with Crippen molar-refractivity contribution in [2.24, 2.45) is 17.1 Å². The average Bonchev–Trinajstić information content (AvgIpc) is 2.33. The Hall–Kier alpha value is -1.63. The first-order valence-electron chi connectivity index (χ1n) is 6.90. The number of amides is 2. The summed E-state index contributed by atoms with van der Waals surface area (Å²) in [7, 11) is 0. The molecule has 0 aliphatic carbocycles. The van der Waals surface area contributed by atoms with Gasteiger partial charge in [-0.05, 0) is 33.6 Å². The molecule has 0 radical (unpaired) electrons. The van der Waals surface area contributed by atoms with Gasteiger partial charge in [-0.1, -0.05) is 13.8 Å². The summed E-state index contributed by atoms with van der Waals surface area (Å²) in [4.78, 5) is 34.8. The van der Waals surface area contributed by atoms with Gasteiger partial charge >= 0.3 is 5.97 Å². The first kappa shape index (κ1) is 19.4. The summed E-state index contributed by atoms with van der Waals surface area (Å²) in [5.74, 6) is -1.91. The molecule has 0 unspecified atom stereocenters. The molecule has 5 N–H and O–H groups in total. The molecule has 0 spiro atoms. The monoisotopic (exact) mass is 301 g/mol. The molecule has 1 atom stereocenters. The van der Waals surface area contributed by atoms with Gasteiger partial charge in [-0.15, -0.1) is 0 Å². The number of aliphatic carboxylic acids is 1.